The van der Waals surface area contributed by atoms with Crippen LogP contribution in [0, 0.1) is 0 Å². The Kier molecular flexibility index (Phi) is 21.0. The van der Waals surface area contributed by atoms with Crippen molar-refractivity contribution in [1.29, 1.82) is 0 Å². The molecule has 25 heteroatoms. The molecular weight excluding hydrogens is 1250 g/mol. The maximum atomic E-state index is 12.6. The summed E-state index contributed by atoms with van der Waals surface area (Å²) >= 11 is 14.7. The van der Waals surface area contributed by atoms with Gasteiger partial charge in [0.2, 0.25) is 0 Å². The van der Waals surface area contributed by atoms with Gasteiger partial charge in [0.15, 0.2) is 0 Å². The summed E-state index contributed by atoms with van der Waals surface area (Å²) in [6.07, 6.45) is -4.89. The van der Waals surface area contributed by atoms with E-state index in [1.54, 1.807) is 0 Å². The number of halogens is 8. The van der Waals surface area contributed by atoms with E-state index in [0.717, 1.165) is 0 Å². The Morgan fingerprint density at radius 2 is 0.511 bits per heavy atom. The minimum atomic E-state index is -7.47. The fourth-order valence-electron chi connectivity index (χ4n) is 2.04. The fourth-order valence-corrected chi connectivity index (χ4v) is 7.94. The molecule has 0 aromatic heterocycles. The molecule has 0 atom stereocenters. The number of hydrogen-bond donors (Lipinski definition) is 0. The first-order valence-corrected chi connectivity index (χ1v) is 22.8. The summed E-state index contributed by atoms with van der Waals surface area (Å²) in [5, 5.41) is 0. The summed E-state index contributed by atoms with van der Waals surface area (Å²) < 4.78 is 13.9. The van der Waals surface area contributed by atoms with Crippen molar-refractivity contribution in [2.75, 3.05) is 0 Å². The Morgan fingerprint density at radius 1 is 0.356 bits per heavy atom. The van der Waals surface area contributed by atoms with Crippen LogP contribution in [0.25, 0.3) is 0 Å². The zero-order valence-electron chi connectivity index (χ0n) is 21.2. The van der Waals surface area contributed by atoms with Crippen LogP contribution < -0.4 is 0 Å². The average molecular weight is 1270 g/mol. The van der Waals surface area contributed by atoms with E-state index in [0.29, 0.717) is 0 Å². The molecule has 0 saturated heterocycles. The monoisotopic (exact) mass is 1260 g/mol. The molecule has 0 bridgehead atoms. The van der Waals surface area contributed by atoms with Gasteiger partial charge >= 0.3 is 328 Å². The van der Waals surface area contributed by atoms with Crippen molar-refractivity contribution < 1.29 is 69.8 Å². The first-order chi connectivity index (χ1) is 20.5. The predicted octanol–water partition coefficient (Wildman–Crippen LogP) is 2.17. The van der Waals surface area contributed by atoms with E-state index >= 15 is 0 Å². The van der Waals surface area contributed by atoms with Crippen LogP contribution in [0.2, 0.25) is 0 Å². The second kappa shape index (κ2) is 21.1. The van der Waals surface area contributed by atoms with E-state index in [1.807, 2.05) is 0 Å². The summed E-state index contributed by atoms with van der Waals surface area (Å²) in [5.41, 5.74) is 0. The second-order valence-electron chi connectivity index (χ2n) is 7.53. The van der Waals surface area contributed by atoms with E-state index in [9.17, 15) is 57.5 Å². The molecule has 0 saturated carbocycles. The van der Waals surface area contributed by atoms with Crippen molar-refractivity contribution in [3.05, 3.63) is 0 Å². The van der Waals surface area contributed by atoms with Crippen molar-refractivity contribution in [1.82, 2.24) is 0 Å². The predicted molar refractivity (Wildman–Crippen MR) is 175 cm³/mol. The number of ketones is 8. The van der Waals surface area contributed by atoms with Crippen molar-refractivity contribution in [3.8, 4) is 0 Å². The van der Waals surface area contributed by atoms with Crippen molar-refractivity contribution in [3.63, 3.8) is 0 Å². The molecule has 0 aliphatic rings. The molecule has 0 rings (SSSR count). The Balaban J connectivity index is 6.87. The fraction of sp³-hybridized carbons (Fsp3) is 0.400. The van der Waals surface area contributed by atoms with Crippen LogP contribution in [0.1, 0.15) is 25.7 Å². The molecule has 0 radical (unpaired) electrons. The third kappa shape index (κ3) is 16.7. The molecule has 0 aliphatic carbocycles. The van der Waals surface area contributed by atoms with Crippen LogP contribution in [0.15, 0.2) is 0 Å². The SMILES string of the molecule is O=C(CC(=O)C(Br)Br)C(=O)[O][Sn]([O]C(=O)C(=O)CC(=O)C(Br)Br)([O]C(=O)C(=O)CC(=O)C(Br)Br)[O]C(=O)C(=O)CC(=O)C(Br)Br. The van der Waals surface area contributed by atoms with E-state index in [2.05, 4.69) is 140 Å². The third-order valence-corrected chi connectivity index (χ3v) is 13.2. The molecule has 248 valence electrons. The Bertz CT molecular complexity index is 1110. The first-order valence-electron chi connectivity index (χ1n) is 10.8. The second-order valence-corrected chi connectivity index (χ2v) is 25.0. The number of hydrogen-bond acceptors (Lipinski definition) is 16. The molecule has 0 amide bonds. The molecular formula is C20H12Br8O16Sn. The summed E-state index contributed by atoms with van der Waals surface area (Å²) in [6, 6.07) is 0. The van der Waals surface area contributed by atoms with Gasteiger partial charge in [-0.25, -0.2) is 0 Å². The topological polar surface area (TPSA) is 242 Å². The number of carbonyl (C=O) groups excluding carboxylic acids is 12. The Morgan fingerprint density at radius 3 is 0.644 bits per heavy atom. The minimum absolute atomic E-state index is 0.975. The summed E-state index contributed by atoms with van der Waals surface area (Å²) in [4.78, 5) is 148. The van der Waals surface area contributed by atoms with Gasteiger partial charge < -0.3 is 0 Å². The van der Waals surface area contributed by atoms with Gasteiger partial charge in [0.05, 0.1) is 0 Å². The van der Waals surface area contributed by atoms with Crippen LogP contribution >= 0.6 is 127 Å². The van der Waals surface area contributed by atoms with Gasteiger partial charge in [0.1, 0.15) is 0 Å². The van der Waals surface area contributed by atoms with Crippen LogP contribution in [0.5, 0.6) is 0 Å². The van der Waals surface area contributed by atoms with Gasteiger partial charge in [0, 0.05) is 0 Å². The Labute approximate surface area is 324 Å². The molecule has 0 aromatic carbocycles. The van der Waals surface area contributed by atoms with Crippen molar-refractivity contribution in [2.45, 2.75) is 40.6 Å². The zero-order chi connectivity index (χ0) is 35.4. The van der Waals surface area contributed by atoms with Crippen LogP contribution in [-0.4, -0.2) is 105 Å². The number of alkyl halides is 8. The quantitative estimate of drug-likeness (QED) is 0.0734. The van der Waals surface area contributed by atoms with Gasteiger partial charge in [-0.2, -0.15) is 0 Å². The number of rotatable bonds is 20. The molecule has 0 fully saturated rings. The van der Waals surface area contributed by atoms with Crippen molar-refractivity contribution in [2.24, 2.45) is 0 Å². The van der Waals surface area contributed by atoms with E-state index in [1.165, 1.54) is 0 Å². The average Bonchev–Trinajstić information content (AvgIpc) is 2.91. The molecule has 0 spiro atoms. The van der Waals surface area contributed by atoms with Gasteiger partial charge in [-0.05, 0) is 0 Å². The van der Waals surface area contributed by atoms with Gasteiger partial charge in [-0.1, -0.05) is 0 Å². The summed E-state index contributed by atoms with van der Waals surface area (Å²) in [5.74, 6) is -19.5. The maximum absolute atomic E-state index is 12.6. The van der Waals surface area contributed by atoms with E-state index < -0.39 is 131 Å². The Hall–Kier alpha value is -0.121. The van der Waals surface area contributed by atoms with Crippen LogP contribution in [0.3, 0.4) is 0 Å². The first kappa shape index (κ1) is 44.9. The molecule has 0 unspecified atom stereocenters. The van der Waals surface area contributed by atoms with Gasteiger partial charge in [-0.3, -0.25) is 0 Å². The molecule has 0 aliphatic heterocycles. The normalized spacial score (nSPS) is 11.1. The van der Waals surface area contributed by atoms with Gasteiger partial charge in [0.25, 0.3) is 0 Å². The standard InChI is InChI=1S/4C5H4Br2O4.Sn/c4*6-4(7)2(8)1-3(9)5(10)11;/h4*4H,1H2,(H,10,11);/q;;;;+4/p-4. The van der Waals surface area contributed by atoms with E-state index in [-0.39, 0.29) is 0 Å². The summed E-state index contributed by atoms with van der Waals surface area (Å²) in [7, 11) is 0. The van der Waals surface area contributed by atoms with Crippen LogP contribution in [-0.2, 0) is 69.8 Å². The van der Waals surface area contributed by atoms with Crippen LogP contribution in [0.4, 0.5) is 0 Å². The van der Waals surface area contributed by atoms with E-state index in [4.69, 9.17) is 0 Å². The molecule has 16 nitrogen and oxygen atoms in total. The molecule has 0 heterocycles. The molecule has 45 heavy (non-hydrogen) atoms. The molecule has 0 aromatic rings. The number of Topliss-reactive ketones (excluding diaryl/α,β-unsaturated/α-hetero) is 8. The zero-order valence-corrected chi connectivity index (χ0v) is 36.7. The van der Waals surface area contributed by atoms with Crippen molar-refractivity contribution >= 4 is 218 Å². The number of carbonyl (C=O) groups is 12. The molecule has 0 N–H and O–H groups in total. The van der Waals surface area contributed by atoms with Gasteiger partial charge in [-0.15, -0.1) is 0 Å². The third-order valence-electron chi connectivity index (χ3n) is 4.09. The summed E-state index contributed by atoms with van der Waals surface area (Å²) in [6.45, 7) is 0.